The Hall–Kier alpha value is -0.700. The molecule has 2 rings (SSSR count). The lowest BCUT2D eigenvalue weighted by atomic mass is 10.1. The summed E-state index contributed by atoms with van der Waals surface area (Å²) in [5.41, 5.74) is 2.19. The average Bonchev–Trinajstić information content (AvgIpc) is 2.63. The normalized spacial score (nSPS) is 12.5. The molecule has 0 amide bonds. The van der Waals surface area contributed by atoms with Crippen LogP contribution in [-0.2, 0) is 0 Å². The third kappa shape index (κ3) is 3.00. The SMILES string of the molecule is Cc1cc(C(C)Nc2cc(Cl)ccc2Cl)c(C)s1. The molecule has 0 aliphatic carbocycles. The van der Waals surface area contributed by atoms with E-state index in [1.807, 2.05) is 23.5 Å². The fourth-order valence-corrected chi connectivity index (χ4v) is 3.37. The van der Waals surface area contributed by atoms with E-state index in [0.29, 0.717) is 10.0 Å². The van der Waals surface area contributed by atoms with E-state index in [1.54, 1.807) is 6.07 Å². The van der Waals surface area contributed by atoms with Gasteiger partial charge in [0, 0.05) is 20.8 Å². The van der Waals surface area contributed by atoms with Crippen LogP contribution >= 0.6 is 34.5 Å². The molecule has 1 heterocycles. The Bertz CT molecular complexity index is 563. The van der Waals surface area contributed by atoms with Gasteiger partial charge in [0.1, 0.15) is 0 Å². The van der Waals surface area contributed by atoms with Gasteiger partial charge >= 0.3 is 0 Å². The number of hydrogen-bond donors (Lipinski definition) is 1. The molecule has 0 radical (unpaired) electrons. The first-order chi connectivity index (χ1) is 8.47. The van der Waals surface area contributed by atoms with Gasteiger partial charge in [-0.1, -0.05) is 23.2 Å². The second kappa shape index (κ2) is 5.52. The molecule has 0 aliphatic heterocycles. The lowest BCUT2D eigenvalue weighted by Gasteiger charge is -2.16. The summed E-state index contributed by atoms with van der Waals surface area (Å²) >= 11 is 14.0. The average molecular weight is 300 g/mol. The number of nitrogens with one attached hydrogen (secondary N) is 1. The minimum absolute atomic E-state index is 0.214. The quantitative estimate of drug-likeness (QED) is 0.750. The van der Waals surface area contributed by atoms with E-state index in [4.69, 9.17) is 23.2 Å². The molecular weight excluding hydrogens is 285 g/mol. The molecule has 0 saturated carbocycles. The largest absolute Gasteiger partial charge is 0.377 e. The summed E-state index contributed by atoms with van der Waals surface area (Å²) in [6.45, 7) is 6.40. The van der Waals surface area contributed by atoms with Crippen molar-refractivity contribution < 1.29 is 0 Å². The Morgan fingerprint density at radius 3 is 2.50 bits per heavy atom. The highest BCUT2D eigenvalue weighted by molar-refractivity contribution is 7.12. The van der Waals surface area contributed by atoms with Crippen LogP contribution in [0.2, 0.25) is 10.0 Å². The minimum atomic E-state index is 0.214. The molecular formula is C14H15Cl2NS. The van der Waals surface area contributed by atoms with E-state index >= 15 is 0 Å². The van der Waals surface area contributed by atoms with E-state index in [-0.39, 0.29) is 6.04 Å². The van der Waals surface area contributed by atoms with Gasteiger partial charge < -0.3 is 5.32 Å². The van der Waals surface area contributed by atoms with E-state index in [1.165, 1.54) is 15.3 Å². The molecule has 4 heteroatoms. The number of benzene rings is 1. The molecule has 2 aromatic rings. The van der Waals surface area contributed by atoms with Crippen LogP contribution in [-0.4, -0.2) is 0 Å². The number of halogens is 2. The van der Waals surface area contributed by atoms with Gasteiger partial charge in [0.25, 0.3) is 0 Å². The molecule has 1 aromatic heterocycles. The Morgan fingerprint density at radius 2 is 1.89 bits per heavy atom. The molecule has 96 valence electrons. The van der Waals surface area contributed by atoms with Gasteiger partial charge in [0.05, 0.1) is 10.7 Å². The van der Waals surface area contributed by atoms with Crippen molar-refractivity contribution in [1.29, 1.82) is 0 Å². The van der Waals surface area contributed by atoms with Crippen molar-refractivity contribution in [3.8, 4) is 0 Å². The summed E-state index contributed by atoms with van der Waals surface area (Å²) in [6.07, 6.45) is 0. The molecule has 0 saturated heterocycles. The van der Waals surface area contributed by atoms with Crippen molar-refractivity contribution in [3.63, 3.8) is 0 Å². The molecule has 18 heavy (non-hydrogen) atoms. The first-order valence-corrected chi connectivity index (χ1v) is 7.33. The molecule has 1 atom stereocenters. The van der Waals surface area contributed by atoms with Crippen molar-refractivity contribution in [3.05, 3.63) is 49.6 Å². The van der Waals surface area contributed by atoms with E-state index in [2.05, 4.69) is 32.2 Å². The lowest BCUT2D eigenvalue weighted by molar-refractivity contribution is 0.882. The highest BCUT2D eigenvalue weighted by atomic mass is 35.5. The van der Waals surface area contributed by atoms with Crippen molar-refractivity contribution in [2.75, 3.05) is 5.32 Å². The monoisotopic (exact) mass is 299 g/mol. The second-order valence-electron chi connectivity index (χ2n) is 4.36. The van der Waals surface area contributed by atoms with Gasteiger partial charge in [-0.3, -0.25) is 0 Å². The zero-order valence-electron chi connectivity index (χ0n) is 10.6. The Balaban J connectivity index is 2.23. The maximum atomic E-state index is 6.15. The summed E-state index contributed by atoms with van der Waals surface area (Å²) in [5.74, 6) is 0. The van der Waals surface area contributed by atoms with Crippen LogP contribution in [0.4, 0.5) is 5.69 Å². The first kappa shape index (κ1) is 13.7. The summed E-state index contributed by atoms with van der Waals surface area (Å²) < 4.78 is 0. The predicted octanol–water partition coefficient (Wildman–Crippen LogP) is 5.84. The summed E-state index contributed by atoms with van der Waals surface area (Å²) in [7, 11) is 0. The number of thiophene rings is 1. The van der Waals surface area contributed by atoms with Gasteiger partial charge in [0.15, 0.2) is 0 Å². The summed E-state index contributed by atoms with van der Waals surface area (Å²) in [6, 6.07) is 7.89. The number of anilines is 1. The van der Waals surface area contributed by atoms with Crippen molar-refractivity contribution in [2.45, 2.75) is 26.8 Å². The third-order valence-electron chi connectivity index (χ3n) is 2.85. The minimum Gasteiger partial charge on any atom is -0.377 e. The predicted molar refractivity (Wildman–Crippen MR) is 82.3 cm³/mol. The van der Waals surface area contributed by atoms with E-state index < -0.39 is 0 Å². The molecule has 1 unspecified atom stereocenters. The van der Waals surface area contributed by atoms with Crippen LogP contribution in [0.25, 0.3) is 0 Å². The topological polar surface area (TPSA) is 12.0 Å². The fourth-order valence-electron chi connectivity index (χ4n) is 2.00. The highest BCUT2D eigenvalue weighted by Crippen LogP contribution is 2.32. The number of aryl methyl sites for hydroxylation is 2. The van der Waals surface area contributed by atoms with E-state index in [9.17, 15) is 0 Å². The van der Waals surface area contributed by atoms with Crippen LogP contribution < -0.4 is 5.32 Å². The zero-order chi connectivity index (χ0) is 13.3. The molecule has 0 aliphatic rings. The number of rotatable bonds is 3. The molecule has 0 bridgehead atoms. The van der Waals surface area contributed by atoms with Gasteiger partial charge in [-0.25, -0.2) is 0 Å². The van der Waals surface area contributed by atoms with Gasteiger partial charge in [-0.05, 0) is 50.6 Å². The molecule has 0 spiro atoms. The molecule has 1 N–H and O–H groups in total. The van der Waals surface area contributed by atoms with Crippen molar-refractivity contribution in [1.82, 2.24) is 0 Å². The van der Waals surface area contributed by atoms with Crippen LogP contribution in [0.5, 0.6) is 0 Å². The maximum Gasteiger partial charge on any atom is 0.0638 e. The van der Waals surface area contributed by atoms with Crippen LogP contribution in [0.15, 0.2) is 24.3 Å². The molecule has 1 nitrogen and oxygen atoms in total. The van der Waals surface area contributed by atoms with Crippen molar-refractivity contribution in [2.24, 2.45) is 0 Å². The highest BCUT2D eigenvalue weighted by Gasteiger charge is 2.12. The van der Waals surface area contributed by atoms with Gasteiger partial charge in [-0.2, -0.15) is 0 Å². The Kier molecular flexibility index (Phi) is 4.21. The van der Waals surface area contributed by atoms with Crippen LogP contribution in [0, 0.1) is 13.8 Å². The maximum absolute atomic E-state index is 6.15. The standard InChI is InChI=1S/C14H15Cl2NS/c1-8-6-12(10(3)18-8)9(2)17-14-7-11(15)4-5-13(14)16/h4-7,9,17H,1-3H3. The first-order valence-electron chi connectivity index (χ1n) is 5.76. The van der Waals surface area contributed by atoms with Gasteiger partial charge in [-0.15, -0.1) is 11.3 Å². The Morgan fingerprint density at radius 1 is 1.17 bits per heavy atom. The van der Waals surface area contributed by atoms with Crippen LogP contribution in [0.1, 0.15) is 28.3 Å². The summed E-state index contributed by atoms with van der Waals surface area (Å²) in [5, 5.41) is 4.79. The lowest BCUT2D eigenvalue weighted by Crippen LogP contribution is -2.07. The van der Waals surface area contributed by atoms with Crippen molar-refractivity contribution >= 4 is 40.2 Å². The second-order valence-corrected chi connectivity index (χ2v) is 6.66. The molecule has 0 fully saturated rings. The number of hydrogen-bond acceptors (Lipinski definition) is 2. The molecule has 1 aromatic carbocycles. The Labute approximate surface area is 122 Å². The van der Waals surface area contributed by atoms with Crippen LogP contribution in [0.3, 0.4) is 0 Å². The van der Waals surface area contributed by atoms with E-state index in [0.717, 1.165) is 5.69 Å². The third-order valence-corrected chi connectivity index (χ3v) is 4.39. The fraction of sp³-hybridized carbons (Fsp3) is 0.286. The zero-order valence-corrected chi connectivity index (χ0v) is 12.9. The smallest absolute Gasteiger partial charge is 0.0638 e. The van der Waals surface area contributed by atoms with Gasteiger partial charge in [0.2, 0.25) is 0 Å². The summed E-state index contributed by atoms with van der Waals surface area (Å²) in [4.78, 5) is 2.67.